The van der Waals surface area contributed by atoms with Crippen molar-refractivity contribution < 1.29 is 7.85 Å². The molecule has 0 amide bonds. The number of aliphatic hydroxyl groups is 1. The van der Waals surface area contributed by atoms with Crippen LogP contribution in [-0.2, 0) is 0 Å². The van der Waals surface area contributed by atoms with Crippen LogP contribution in [0.15, 0.2) is 0 Å². The first-order chi connectivity index (χ1) is 5.56. The SMILES string of the molecule is [2H]C([2H])(O)CCCCCCCC. The van der Waals surface area contributed by atoms with Gasteiger partial charge in [0.1, 0.15) is 0 Å². The molecule has 0 heterocycles. The smallest absolute Gasteiger partial charge is 0.0564 e. The Labute approximate surface area is 67.3 Å². The summed E-state index contributed by atoms with van der Waals surface area (Å²) in [5.41, 5.74) is 0. The van der Waals surface area contributed by atoms with Gasteiger partial charge < -0.3 is 5.11 Å². The highest BCUT2D eigenvalue weighted by Gasteiger charge is 1.88. The van der Waals surface area contributed by atoms with Gasteiger partial charge in [0, 0.05) is 6.56 Å². The molecule has 0 spiro atoms. The summed E-state index contributed by atoms with van der Waals surface area (Å²) in [6, 6.07) is 0. The minimum absolute atomic E-state index is 0.277. The van der Waals surface area contributed by atoms with Gasteiger partial charge in [-0.3, -0.25) is 0 Å². The predicted octanol–water partition coefficient (Wildman–Crippen LogP) is 2.73. The van der Waals surface area contributed by atoms with Gasteiger partial charge in [0.2, 0.25) is 0 Å². The molecule has 0 radical (unpaired) electrons. The summed E-state index contributed by atoms with van der Waals surface area (Å²) in [6.07, 6.45) is 7.04. The maximum Gasteiger partial charge on any atom is 0.0564 e. The maximum absolute atomic E-state index is 8.75. The van der Waals surface area contributed by atoms with Crippen molar-refractivity contribution in [1.29, 1.82) is 0 Å². The van der Waals surface area contributed by atoms with Crippen molar-refractivity contribution in [2.75, 3.05) is 6.56 Å². The van der Waals surface area contributed by atoms with Gasteiger partial charge >= 0.3 is 0 Å². The van der Waals surface area contributed by atoms with E-state index in [0.29, 0.717) is 0 Å². The normalized spacial score (nSPS) is 14.6. The van der Waals surface area contributed by atoms with E-state index < -0.39 is 6.56 Å². The number of unbranched alkanes of at least 4 members (excludes halogenated alkanes) is 5. The van der Waals surface area contributed by atoms with Crippen LogP contribution in [-0.4, -0.2) is 11.7 Å². The molecular weight excluding hydrogens is 124 g/mol. The van der Waals surface area contributed by atoms with Crippen molar-refractivity contribution >= 4 is 0 Å². The molecule has 0 saturated carbocycles. The van der Waals surface area contributed by atoms with Crippen LogP contribution in [0.4, 0.5) is 0 Å². The minimum atomic E-state index is -1.95. The van der Waals surface area contributed by atoms with Gasteiger partial charge in [-0.1, -0.05) is 45.4 Å². The molecule has 62 valence electrons. The Kier molecular flexibility index (Phi) is 5.96. The van der Waals surface area contributed by atoms with Crippen molar-refractivity contribution in [3.8, 4) is 0 Å². The molecule has 0 bridgehead atoms. The molecule has 0 saturated heterocycles. The Morgan fingerprint density at radius 1 is 1.00 bits per heavy atom. The zero-order valence-corrected chi connectivity index (χ0v) is 6.90. The first kappa shape index (κ1) is 6.66. The molecule has 0 rings (SSSR count). The van der Waals surface area contributed by atoms with Gasteiger partial charge in [0.15, 0.2) is 0 Å². The lowest BCUT2D eigenvalue weighted by atomic mass is 10.1. The number of hydrogen-bond acceptors (Lipinski definition) is 1. The van der Waals surface area contributed by atoms with Gasteiger partial charge in [-0.15, -0.1) is 0 Å². The van der Waals surface area contributed by atoms with E-state index in [9.17, 15) is 0 Å². The predicted molar refractivity (Wildman–Crippen MR) is 45.1 cm³/mol. The lowest BCUT2D eigenvalue weighted by molar-refractivity contribution is 0.282. The van der Waals surface area contributed by atoms with Crippen molar-refractivity contribution in [2.24, 2.45) is 0 Å². The molecule has 0 aliphatic rings. The Bertz CT molecular complexity index is 99.2. The van der Waals surface area contributed by atoms with Gasteiger partial charge in [-0.05, 0) is 6.42 Å². The second-order valence-electron chi connectivity index (χ2n) is 2.68. The van der Waals surface area contributed by atoms with Gasteiger partial charge in [0.05, 0.1) is 2.74 Å². The molecule has 10 heavy (non-hydrogen) atoms. The zero-order valence-electron chi connectivity index (χ0n) is 8.90. The van der Waals surface area contributed by atoms with Crippen LogP contribution < -0.4 is 0 Å². The molecule has 0 aromatic rings. The molecule has 0 atom stereocenters. The Morgan fingerprint density at radius 3 is 2.00 bits per heavy atom. The van der Waals surface area contributed by atoms with E-state index in [0.717, 1.165) is 12.8 Å². The van der Waals surface area contributed by atoms with E-state index in [2.05, 4.69) is 6.92 Å². The molecule has 1 nitrogen and oxygen atoms in total. The summed E-state index contributed by atoms with van der Waals surface area (Å²) in [6.45, 7) is 0.219. The Hall–Kier alpha value is -0.0400. The van der Waals surface area contributed by atoms with Crippen LogP contribution in [0.25, 0.3) is 0 Å². The first-order valence-electron chi connectivity index (χ1n) is 5.28. The van der Waals surface area contributed by atoms with Gasteiger partial charge in [0.25, 0.3) is 0 Å². The van der Waals surface area contributed by atoms with Crippen LogP contribution in [0.5, 0.6) is 0 Å². The van der Waals surface area contributed by atoms with E-state index in [1.54, 1.807) is 0 Å². The third-order valence-corrected chi connectivity index (χ3v) is 1.64. The highest BCUT2D eigenvalue weighted by molar-refractivity contribution is 4.43. The molecule has 0 aliphatic heterocycles. The first-order valence-corrected chi connectivity index (χ1v) is 4.28. The minimum Gasteiger partial charge on any atom is -0.396 e. The molecule has 0 unspecified atom stereocenters. The van der Waals surface area contributed by atoms with E-state index >= 15 is 0 Å². The van der Waals surface area contributed by atoms with Crippen LogP contribution in [0, 0.1) is 0 Å². The second kappa shape index (κ2) is 8.96. The van der Waals surface area contributed by atoms with E-state index in [4.69, 9.17) is 7.85 Å². The average Bonchev–Trinajstić information content (AvgIpc) is 1.94. The van der Waals surface area contributed by atoms with Crippen molar-refractivity contribution in [2.45, 2.75) is 51.9 Å². The molecule has 0 aromatic carbocycles. The topological polar surface area (TPSA) is 20.2 Å². The average molecular weight is 146 g/mol. The van der Waals surface area contributed by atoms with Crippen molar-refractivity contribution in [3.05, 3.63) is 0 Å². The van der Waals surface area contributed by atoms with Crippen molar-refractivity contribution in [3.63, 3.8) is 0 Å². The van der Waals surface area contributed by atoms with Crippen LogP contribution in [0.3, 0.4) is 0 Å². The third kappa shape index (κ3) is 7.96. The fourth-order valence-corrected chi connectivity index (χ4v) is 0.984. The van der Waals surface area contributed by atoms with Crippen LogP contribution >= 0.6 is 0 Å². The second-order valence-corrected chi connectivity index (χ2v) is 2.68. The fourth-order valence-electron chi connectivity index (χ4n) is 0.984. The number of hydrogen-bond donors (Lipinski definition) is 1. The van der Waals surface area contributed by atoms with Gasteiger partial charge in [-0.2, -0.15) is 0 Å². The lowest BCUT2D eigenvalue weighted by Crippen LogP contribution is -1.83. The molecular formula is C9H20O. The molecule has 0 aromatic heterocycles. The number of rotatable bonds is 7. The summed E-state index contributed by atoms with van der Waals surface area (Å²) < 4.78 is 13.7. The van der Waals surface area contributed by atoms with Crippen LogP contribution in [0.2, 0.25) is 0 Å². The third-order valence-electron chi connectivity index (χ3n) is 1.64. The summed E-state index contributed by atoms with van der Waals surface area (Å²) in [4.78, 5) is 0. The lowest BCUT2D eigenvalue weighted by Gasteiger charge is -1.97. The highest BCUT2D eigenvalue weighted by Crippen LogP contribution is 2.05. The Balaban J connectivity index is 3.01. The summed E-state index contributed by atoms with van der Waals surface area (Å²) in [7, 11) is 0. The maximum atomic E-state index is 8.75. The monoisotopic (exact) mass is 146 g/mol. The Morgan fingerprint density at radius 2 is 1.50 bits per heavy atom. The van der Waals surface area contributed by atoms with E-state index in [1.165, 1.54) is 25.7 Å². The molecule has 1 N–H and O–H groups in total. The summed E-state index contributed by atoms with van der Waals surface area (Å²) in [5, 5.41) is 8.75. The molecule has 1 heteroatoms. The summed E-state index contributed by atoms with van der Waals surface area (Å²) in [5.74, 6) is 0. The van der Waals surface area contributed by atoms with E-state index in [1.807, 2.05) is 0 Å². The highest BCUT2D eigenvalue weighted by atomic mass is 16.2. The van der Waals surface area contributed by atoms with Crippen LogP contribution in [0.1, 0.15) is 54.6 Å². The fraction of sp³-hybridized carbons (Fsp3) is 1.00. The zero-order chi connectivity index (χ0) is 9.45. The largest absolute Gasteiger partial charge is 0.396 e. The standard InChI is InChI=1S/C9H20O/c1-2-3-4-5-6-7-8-9-10/h10H,2-9H2,1H3/i9D2. The molecule has 0 aliphatic carbocycles. The van der Waals surface area contributed by atoms with Gasteiger partial charge in [-0.25, -0.2) is 0 Å². The molecule has 0 fully saturated rings. The quantitative estimate of drug-likeness (QED) is 0.547. The van der Waals surface area contributed by atoms with Crippen molar-refractivity contribution in [1.82, 2.24) is 0 Å². The summed E-state index contributed by atoms with van der Waals surface area (Å²) >= 11 is 0. The van der Waals surface area contributed by atoms with E-state index in [-0.39, 0.29) is 6.42 Å².